The van der Waals surface area contributed by atoms with Crippen molar-refractivity contribution in [2.45, 2.75) is 9.75 Å². The van der Waals surface area contributed by atoms with E-state index in [1.807, 2.05) is 0 Å². The first-order valence-electron chi connectivity index (χ1n) is 5.95. The summed E-state index contributed by atoms with van der Waals surface area (Å²) in [6, 6.07) is 3.01. The monoisotopic (exact) mass is 338 g/mol. The van der Waals surface area contributed by atoms with Crippen molar-refractivity contribution in [3.05, 3.63) is 17.5 Å². The van der Waals surface area contributed by atoms with Crippen molar-refractivity contribution in [2.75, 3.05) is 33.4 Å². The molecule has 0 saturated carbocycles. The van der Waals surface area contributed by atoms with Crippen LogP contribution in [0.3, 0.4) is 0 Å². The molecule has 1 aromatic heterocycles. The van der Waals surface area contributed by atoms with Gasteiger partial charge in [-0.1, -0.05) is 6.07 Å². The van der Waals surface area contributed by atoms with Crippen LogP contribution in [-0.2, 0) is 14.8 Å². The minimum Gasteiger partial charge on any atom is -0.394 e. The average Bonchev–Trinajstić information content (AvgIpc) is 2.99. The van der Waals surface area contributed by atoms with Crippen LogP contribution in [0, 0.1) is 0 Å². The van der Waals surface area contributed by atoms with Crippen molar-refractivity contribution in [1.82, 2.24) is 9.62 Å². The van der Waals surface area contributed by atoms with Crippen molar-refractivity contribution < 1.29 is 28.5 Å². The van der Waals surface area contributed by atoms with E-state index in [2.05, 4.69) is 5.32 Å². The van der Waals surface area contributed by atoms with Gasteiger partial charge in [-0.3, -0.25) is 4.79 Å². The average molecular weight is 338 g/mol. The van der Waals surface area contributed by atoms with Crippen molar-refractivity contribution in [1.29, 1.82) is 0 Å². The highest BCUT2D eigenvalue weighted by Crippen LogP contribution is 2.19. The molecule has 0 radical (unpaired) electrons. The molecule has 8 nitrogen and oxygen atoms in total. The van der Waals surface area contributed by atoms with E-state index >= 15 is 0 Å². The summed E-state index contributed by atoms with van der Waals surface area (Å²) in [5.41, 5.74) is -1.58. The maximum atomic E-state index is 12.1. The van der Waals surface area contributed by atoms with E-state index < -0.39 is 47.8 Å². The van der Waals surface area contributed by atoms with Crippen LogP contribution in [0.25, 0.3) is 0 Å². The molecule has 120 valence electrons. The van der Waals surface area contributed by atoms with Crippen LogP contribution in [0.2, 0.25) is 0 Å². The highest BCUT2D eigenvalue weighted by Gasteiger charge is 2.31. The number of aliphatic hydroxyl groups is 3. The molecule has 0 aromatic carbocycles. The maximum absolute atomic E-state index is 12.1. The summed E-state index contributed by atoms with van der Waals surface area (Å²) in [5.74, 6) is -0.741. The zero-order valence-corrected chi connectivity index (χ0v) is 13.0. The number of sulfonamides is 1. The van der Waals surface area contributed by atoms with E-state index in [0.29, 0.717) is 0 Å². The highest BCUT2D eigenvalue weighted by atomic mass is 32.2. The molecule has 1 rings (SSSR count). The van der Waals surface area contributed by atoms with Crippen LogP contribution < -0.4 is 5.32 Å². The van der Waals surface area contributed by atoms with E-state index in [9.17, 15) is 13.2 Å². The van der Waals surface area contributed by atoms with Crippen molar-refractivity contribution in [2.24, 2.45) is 0 Å². The lowest BCUT2D eigenvalue weighted by Crippen LogP contribution is -2.58. The zero-order valence-electron chi connectivity index (χ0n) is 11.4. The molecule has 0 unspecified atom stereocenters. The lowest BCUT2D eigenvalue weighted by molar-refractivity contribution is -0.125. The van der Waals surface area contributed by atoms with Crippen LogP contribution in [0.15, 0.2) is 21.7 Å². The molecule has 0 atom stereocenters. The van der Waals surface area contributed by atoms with Gasteiger partial charge in [0, 0.05) is 7.05 Å². The Morgan fingerprint density at radius 1 is 1.33 bits per heavy atom. The molecule has 0 aliphatic rings. The van der Waals surface area contributed by atoms with Gasteiger partial charge in [-0.2, -0.15) is 4.31 Å². The maximum Gasteiger partial charge on any atom is 0.252 e. The molecule has 21 heavy (non-hydrogen) atoms. The summed E-state index contributed by atoms with van der Waals surface area (Å²) >= 11 is 1.03. The van der Waals surface area contributed by atoms with E-state index in [-0.39, 0.29) is 4.21 Å². The molecule has 0 fully saturated rings. The molecule has 0 aliphatic carbocycles. The van der Waals surface area contributed by atoms with Crippen molar-refractivity contribution in [3.8, 4) is 0 Å². The van der Waals surface area contributed by atoms with Gasteiger partial charge < -0.3 is 20.6 Å². The number of amides is 1. The van der Waals surface area contributed by atoms with Gasteiger partial charge in [0.05, 0.1) is 26.4 Å². The summed E-state index contributed by atoms with van der Waals surface area (Å²) in [4.78, 5) is 11.8. The van der Waals surface area contributed by atoms with Gasteiger partial charge in [0.15, 0.2) is 0 Å². The smallest absolute Gasteiger partial charge is 0.252 e. The third-order valence-electron chi connectivity index (χ3n) is 2.84. The molecule has 1 aromatic rings. The number of carbonyl (C=O) groups is 1. The summed E-state index contributed by atoms with van der Waals surface area (Å²) < 4.78 is 25.2. The van der Waals surface area contributed by atoms with E-state index in [1.54, 1.807) is 11.4 Å². The molecule has 1 amide bonds. The number of likely N-dealkylation sites (N-methyl/N-ethyl adjacent to an activating group) is 1. The largest absolute Gasteiger partial charge is 0.394 e. The predicted octanol–water partition coefficient (Wildman–Crippen LogP) is -1.80. The Bertz CT molecular complexity index is 545. The Morgan fingerprint density at radius 2 is 1.90 bits per heavy atom. The molecule has 1 heterocycles. The number of aliphatic hydroxyl groups excluding tert-OH is 3. The SMILES string of the molecule is CN(CC(=O)NC(CO)(CO)CO)S(=O)(=O)c1cccs1. The van der Waals surface area contributed by atoms with Gasteiger partial charge in [0.2, 0.25) is 5.91 Å². The Hall–Kier alpha value is -1.04. The predicted molar refractivity (Wildman–Crippen MR) is 76.3 cm³/mol. The lowest BCUT2D eigenvalue weighted by Gasteiger charge is -2.29. The fraction of sp³-hybridized carbons (Fsp3) is 0.545. The Kier molecular flexibility index (Phi) is 6.25. The molecule has 10 heteroatoms. The molecule has 0 saturated heterocycles. The Balaban J connectivity index is 2.75. The first-order valence-corrected chi connectivity index (χ1v) is 8.27. The third kappa shape index (κ3) is 4.22. The normalized spacial score (nSPS) is 12.6. The number of nitrogens with one attached hydrogen (secondary N) is 1. The minimum absolute atomic E-state index is 0.107. The fourth-order valence-corrected chi connectivity index (χ4v) is 3.78. The van der Waals surface area contributed by atoms with E-state index in [4.69, 9.17) is 15.3 Å². The molecule has 0 aliphatic heterocycles. The van der Waals surface area contributed by atoms with Crippen LogP contribution in [0.5, 0.6) is 0 Å². The number of thiophene rings is 1. The van der Waals surface area contributed by atoms with Crippen molar-refractivity contribution in [3.63, 3.8) is 0 Å². The van der Waals surface area contributed by atoms with Gasteiger partial charge in [-0.05, 0) is 11.4 Å². The summed E-state index contributed by atoms with van der Waals surface area (Å²) in [6.07, 6.45) is 0. The van der Waals surface area contributed by atoms with Gasteiger partial charge in [-0.15, -0.1) is 11.3 Å². The third-order valence-corrected chi connectivity index (χ3v) is 6.01. The van der Waals surface area contributed by atoms with E-state index in [0.717, 1.165) is 15.6 Å². The molecule has 0 spiro atoms. The van der Waals surface area contributed by atoms with E-state index in [1.165, 1.54) is 13.1 Å². The topological polar surface area (TPSA) is 127 Å². The Labute approximate surface area is 126 Å². The van der Waals surface area contributed by atoms with Crippen LogP contribution in [0.1, 0.15) is 0 Å². The number of rotatable bonds is 8. The van der Waals surface area contributed by atoms with Gasteiger partial charge in [-0.25, -0.2) is 8.42 Å². The second-order valence-corrected chi connectivity index (χ2v) is 7.72. The van der Waals surface area contributed by atoms with Gasteiger partial charge in [0.25, 0.3) is 10.0 Å². The second-order valence-electron chi connectivity index (χ2n) is 4.50. The first-order chi connectivity index (χ1) is 9.81. The summed E-state index contributed by atoms with van der Waals surface area (Å²) in [6.45, 7) is -2.52. The molecular formula is C11H18N2O6S2. The fourth-order valence-electron chi connectivity index (χ4n) is 1.45. The van der Waals surface area contributed by atoms with Gasteiger partial charge in [0.1, 0.15) is 9.75 Å². The van der Waals surface area contributed by atoms with Crippen LogP contribution >= 0.6 is 11.3 Å². The second kappa shape index (κ2) is 7.29. The summed E-state index contributed by atoms with van der Waals surface area (Å²) in [5, 5.41) is 31.2. The quantitative estimate of drug-likeness (QED) is 0.443. The summed E-state index contributed by atoms with van der Waals surface area (Å²) in [7, 11) is -2.52. The molecule has 4 N–H and O–H groups in total. The van der Waals surface area contributed by atoms with Crippen LogP contribution in [0.4, 0.5) is 0 Å². The number of nitrogens with zero attached hydrogens (tertiary/aromatic N) is 1. The number of hydrogen-bond acceptors (Lipinski definition) is 7. The first kappa shape index (κ1) is 18.0. The number of carbonyl (C=O) groups excluding carboxylic acids is 1. The highest BCUT2D eigenvalue weighted by molar-refractivity contribution is 7.91. The molecule has 0 bridgehead atoms. The van der Waals surface area contributed by atoms with Crippen molar-refractivity contribution >= 4 is 27.3 Å². The Morgan fingerprint density at radius 3 is 2.33 bits per heavy atom. The van der Waals surface area contributed by atoms with Gasteiger partial charge >= 0.3 is 0 Å². The standard InChI is InChI=1S/C11H18N2O6S2/c1-13(21(18,19)10-3-2-4-20-10)5-9(17)12-11(6-14,7-15)8-16/h2-4,14-16H,5-8H2,1H3,(H,12,17). The lowest BCUT2D eigenvalue weighted by atomic mass is 10.0. The number of hydrogen-bond donors (Lipinski definition) is 4. The van der Waals surface area contributed by atoms with Crippen LogP contribution in [-0.4, -0.2) is 72.9 Å². The minimum atomic E-state index is -3.76. The molecular weight excluding hydrogens is 320 g/mol. The zero-order chi connectivity index (χ0) is 16.1.